The number of carbonyl (C=O) groups is 1. The van der Waals surface area contributed by atoms with Crippen molar-refractivity contribution in [3.05, 3.63) is 71.8 Å². The Hall–Kier alpha value is -2.13. The van der Waals surface area contributed by atoms with Crippen LogP contribution in [0.4, 0.5) is 0 Å². The minimum absolute atomic E-state index is 0.0233. The van der Waals surface area contributed by atoms with Crippen molar-refractivity contribution in [3.63, 3.8) is 0 Å². The molecule has 0 aliphatic carbocycles. The normalized spacial score (nSPS) is 22.8. The van der Waals surface area contributed by atoms with Gasteiger partial charge in [0.25, 0.3) is 0 Å². The van der Waals surface area contributed by atoms with Crippen LogP contribution in [0.5, 0.6) is 0 Å². The third kappa shape index (κ3) is 2.51. The number of nitrogens with one attached hydrogen (secondary N) is 2. The lowest BCUT2D eigenvalue weighted by Crippen LogP contribution is -2.49. The van der Waals surface area contributed by atoms with Crippen LogP contribution in [0, 0.1) is 0 Å². The number of rotatable bonds is 2. The lowest BCUT2D eigenvalue weighted by Gasteiger charge is -2.34. The fraction of sp³-hybridized carbons (Fsp3) is 0.188. The molecule has 0 spiro atoms. The largest absolute Gasteiger partial charge is 0.346 e. The lowest BCUT2D eigenvalue weighted by molar-refractivity contribution is -0.123. The quantitative estimate of drug-likeness (QED) is 0.860. The van der Waals surface area contributed by atoms with Gasteiger partial charge in [-0.3, -0.25) is 10.1 Å². The van der Waals surface area contributed by atoms with Gasteiger partial charge in [0.2, 0.25) is 5.91 Å². The molecule has 96 valence electrons. The molecule has 1 aliphatic rings. The second-order valence-electron chi connectivity index (χ2n) is 4.73. The Bertz CT molecular complexity index is 553. The van der Waals surface area contributed by atoms with Crippen molar-refractivity contribution in [1.82, 2.24) is 10.6 Å². The van der Waals surface area contributed by atoms with Crippen LogP contribution in [0.2, 0.25) is 0 Å². The molecule has 2 aromatic rings. The third-order valence-electron chi connectivity index (χ3n) is 3.45. The van der Waals surface area contributed by atoms with E-state index in [0.29, 0.717) is 6.54 Å². The maximum atomic E-state index is 11.7. The summed E-state index contributed by atoms with van der Waals surface area (Å²) in [5.74, 6) is 0.0426. The van der Waals surface area contributed by atoms with E-state index >= 15 is 0 Å². The zero-order valence-electron chi connectivity index (χ0n) is 10.5. The average molecular weight is 252 g/mol. The van der Waals surface area contributed by atoms with Crippen molar-refractivity contribution in [3.8, 4) is 0 Å². The first-order chi connectivity index (χ1) is 9.34. The molecule has 0 radical (unpaired) electrons. The number of carbonyl (C=O) groups excluding carboxylic acids is 1. The van der Waals surface area contributed by atoms with Crippen LogP contribution >= 0.6 is 0 Å². The molecule has 2 atom stereocenters. The summed E-state index contributed by atoms with van der Waals surface area (Å²) in [6.45, 7) is 0.364. The number of piperazine rings is 1. The fourth-order valence-corrected chi connectivity index (χ4v) is 2.54. The smallest absolute Gasteiger partial charge is 0.234 e. The SMILES string of the molecule is O=C1CNC(c2ccccc2)C(c2ccccc2)N1. The maximum absolute atomic E-state index is 11.7. The lowest BCUT2D eigenvalue weighted by atomic mass is 9.92. The van der Waals surface area contributed by atoms with Gasteiger partial charge in [-0.2, -0.15) is 0 Å². The van der Waals surface area contributed by atoms with Gasteiger partial charge in [0, 0.05) is 0 Å². The molecule has 19 heavy (non-hydrogen) atoms. The molecular weight excluding hydrogens is 236 g/mol. The van der Waals surface area contributed by atoms with E-state index in [9.17, 15) is 4.79 Å². The summed E-state index contributed by atoms with van der Waals surface area (Å²) in [7, 11) is 0. The van der Waals surface area contributed by atoms with Gasteiger partial charge < -0.3 is 5.32 Å². The Kier molecular flexibility index (Phi) is 3.29. The third-order valence-corrected chi connectivity index (χ3v) is 3.45. The Morgan fingerprint density at radius 3 is 1.89 bits per heavy atom. The minimum Gasteiger partial charge on any atom is -0.346 e. The van der Waals surface area contributed by atoms with Crippen LogP contribution in [0.3, 0.4) is 0 Å². The molecule has 1 amide bonds. The van der Waals surface area contributed by atoms with Gasteiger partial charge in [0.05, 0.1) is 18.6 Å². The average Bonchev–Trinajstić information content (AvgIpc) is 2.49. The molecule has 1 fully saturated rings. The molecule has 0 saturated carbocycles. The van der Waals surface area contributed by atoms with E-state index in [4.69, 9.17) is 0 Å². The zero-order valence-corrected chi connectivity index (χ0v) is 10.5. The van der Waals surface area contributed by atoms with Crippen LogP contribution in [0.25, 0.3) is 0 Å². The number of benzene rings is 2. The van der Waals surface area contributed by atoms with E-state index in [1.54, 1.807) is 0 Å². The second-order valence-corrected chi connectivity index (χ2v) is 4.73. The molecule has 3 heteroatoms. The summed E-state index contributed by atoms with van der Waals surface area (Å²) in [5.41, 5.74) is 2.31. The summed E-state index contributed by atoms with van der Waals surface area (Å²) in [4.78, 5) is 11.7. The number of hydrogen-bond donors (Lipinski definition) is 2. The van der Waals surface area contributed by atoms with Crippen molar-refractivity contribution < 1.29 is 4.79 Å². The second kappa shape index (κ2) is 5.24. The van der Waals surface area contributed by atoms with Crippen molar-refractivity contribution in [2.45, 2.75) is 12.1 Å². The topological polar surface area (TPSA) is 41.1 Å². The van der Waals surface area contributed by atoms with E-state index in [2.05, 4.69) is 22.8 Å². The summed E-state index contributed by atoms with van der Waals surface area (Å²) in [6, 6.07) is 20.4. The highest BCUT2D eigenvalue weighted by Gasteiger charge is 2.30. The highest BCUT2D eigenvalue weighted by atomic mass is 16.2. The molecule has 3 rings (SSSR count). The first-order valence-corrected chi connectivity index (χ1v) is 6.47. The number of hydrogen-bond acceptors (Lipinski definition) is 2. The highest BCUT2D eigenvalue weighted by Crippen LogP contribution is 2.30. The monoisotopic (exact) mass is 252 g/mol. The van der Waals surface area contributed by atoms with Crippen molar-refractivity contribution >= 4 is 5.91 Å². The van der Waals surface area contributed by atoms with Crippen LogP contribution in [0.15, 0.2) is 60.7 Å². The Morgan fingerprint density at radius 1 is 0.789 bits per heavy atom. The fourth-order valence-electron chi connectivity index (χ4n) is 2.54. The highest BCUT2D eigenvalue weighted by molar-refractivity contribution is 5.79. The predicted octanol–water partition coefficient (Wildman–Crippen LogP) is 2.19. The van der Waals surface area contributed by atoms with E-state index in [1.165, 1.54) is 5.56 Å². The first kappa shape index (κ1) is 11.9. The van der Waals surface area contributed by atoms with Crippen LogP contribution in [0.1, 0.15) is 23.2 Å². The molecular formula is C16H16N2O. The van der Waals surface area contributed by atoms with Crippen molar-refractivity contribution in [1.29, 1.82) is 0 Å². The van der Waals surface area contributed by atoms with Crippen molar-refractivity contribution in [2.24, 2.45) is 0 Å². The zero-order chi connectivity index (χ0) is 13.1. The van der Waals surface area contributed by atoms with E-state index < -0.39 is 0 Å². The van der Waals surface area contributed by atoms with E-state index in [-0.39, 0.29) is 18.0 Å². The van der Waals surface area contributed by atoms with Gasteiger partial charge in [-0.25, -0.2) is 0 Å². The molecule has 1 heterocycles. The summed E-state index contributed by atoms with van der Waals surface area (Å²) < 4.78 is 0. The van der Waals surface area contributed by atoms with E-state index in [0.717, 1.165) is 5.56 Å². The molecule has 0 aromatic heterocycles. The number of amides is 1. The Morgan fingerprint density at radius 2 is 1.32 bits per heavy atom. The molecule has 2 unspecified atom stereocenters. The van der Waals surface area contributed by atoms with Gasteiger partial charge >= 0.3 is 0 Å². The van der Waals surface area contributed by atoms with Gasteiger partial charge in [0.1, 0.15) is 0 Å². The van der Waals surface area contributed by atoms with Gasteiger partial charge in [-0.05, 0) is 11.1 Å². The molecule has 2 aromatic carbocycles. The minimum atomic E-state index is -0.0233. The Balaban J connectivity index is 1.95. The van der Waals surface area contributed by atoms with E-state index in [1.807, 2.05) is 48.5 Å². The molecule has 2 N–H and O–H groups in total. The predicted molar refractivity (Wildman–Crippen MR) is 74.5 cm³/mol. The molecule has 3 nitrogen and oxygen atoms in total. The Labute approximate surface area is 112 Å². The summed E-state index contributed by atoms with van der Waals surface area (Å²) in [5, 5.41) is 6.40. The summed E-state index contributed by atoms with van der Waals surface area (Å²) in [6.07, 6.45) is 0. The molecule has 0 bridgehead atoms. The van der Waals surface area contributed by atoms with Crippen LogP contribution < -0.4 is 10.6 Å². The van der Waals surface area contributed by atoms with Crippen LogP contribution in [-0.2, 0) is 4.79 Å². The van der Waals surface area contributed by atoms with Crippen molar-refractivity contribution in [2.75, 3.05) is 6.54 Å². The molecule has 1 aliphatic heterocycles. The standard InChI is InChI=1S/C16H16N2O/c19-14-11-17-15(12-7-3-1-4-8-12)16(18-14)13-9-5-2-6-10-13/h1-10,15-17H,11H2,(H,18,19). The summed E-state index contributed by atoms with van der Waals surface area (Å²) >= 11 is 0. The maximum Gasteiger partial charge on any atom is 0.234 e. The molecule has 1 saturated heterocycles. The van der Waals surface area contributed by atoms with Crippen LogP contribution in [-0.4, -0.2) is 12.5 Å². The van der Waals surface area contributed by atoms with Gasteiger partial charge in [-0.1, -0.05) is 60.7 Å². The first-order valence-electron chi connectivity index (χ1n) is 6.47. The van der Waals surface area contributed by atoms with Gasteiger partial charge in [-0.15, -0.1) is 0 Å². The van der Waals surface area contributed by atoms with Gasteiger partial charge in [0.15, 0.2) is 0 Å².